The van der Waals surface area contributed by atoms with Gasteiger partial charge in [0.15, 0.2) is 0 Å². The highest BCUT2D eigenvalue weighted by Crippen LogP contribution is 2.32. The Hall–Kier alpha value is -3.00. The van der Waals surface area contributed by atoms with Crippen molar-refractivity contribution in [3.63, 3.8) is 0 Å². The van der Waals surface area contributed by atoms with E-state index in [2.05, 4.69) is 20.4 Å². The lowest BCUT2D eigenvalue weighted by Gasteiger charge is -2.11. The lowest BCUT2D eigenvalue weighted by Crippen LogP contribution is -2.18. The van der Waals surface area contributed by atoms with Gasteiger partial charge >= 0.3 is 6.18 Å². The molecule has 3 heterocycles. The number of aryl methyl sites for hydroxylation is 1. The van der Waals surface area contributed by atoms with Crippen LogP contribution in [-0.2, 0) is 27.4 Å². The van der Waals surface area contributed by atoms with Crippen LogP contribution in [0.5, 0.6) is 0 Å². The van der Waals surface area contributed by atoms with Crippen molar-refractivity contribution in [2.24, 2.45) is 0 Å². The van der Waals surface area contributed by atoms with Gasteiger partial charge in [-0.3, -0.25) is 9.48 Å². The topological polar surface area (TPSA) is 107 Å². The Morgan fingerprint density at radius 2 is 1.85 bits per heavy atom. The zero-order chi connectivity index (χ0) is 29.2. The minimum Gasteiger partial charge on any atom is -0.323 e. The molecule has 1 aromatic carbocycles. The summed E-state index contributed by atoms with van der Waals surface area (Å²) in [7, 11) is -4.31. The van der Waals surface area contributed by atoms with Crippen molar-refractivity contribution < 1.29 is 26.4 Å². The number of nitrogens with one attached hydrogen (secondary N) is 1. The molecule has 0 radical (unpaired) electrons. The molecule has 1 amide bonds. The van der Waals surface area contributed by atoms with Gasteiger partial charge in [-0.1, -0.05) is 35.3 Å². The molecule has 8 nitrogen and oxygen atoms in total. The first kappa shape index (κ1) is 30.0. The Kier molecular flexibility index (Phi) is 8.88. The molecule has 0 aliphatic rings. The van der Waals surface area contributed by atoms with E-state index in [9.17, 15) is 26.4 Å². The minimum atomic E-state index is -4.86. The van der Waals surface area contributed by atoms with Crippen molar-refractivity contribution in [3.8, 4) is 10.6 Å². The summed E-state index contributed by atoms with van der Waals surface area (Å²) in [6.07, 6.45) is -5.22. The van der Waals surface area contributed by atoms with E-state index in [0.717, 1.165) is 16.9 Å². The number of carbonyl (C=O) groups is 1. The molecule has 0 atom stereocenters. The monoisotopic (exact) mass is 631 g/mol. The Morgan fingerprint density at radius 3 is 2.50 bits per heavy atom. The lowest BCUT2D eigenvalue weighted by atomic mass is 10.2. The average molecular weight is 633 g/mol. The number of alkyl halides is 3. The second kappa shape index (κ2) is 11.9. The number of aromatic nitrogens is 4. The SMILES string of the molecule is Cc1nn(Cc2ccc(Cl)c(Cl)c2)c(C)c1NC(=O)CCCS(=O)(=O)c1nc(-c2cccs2)cc(C(F)(F)F)n1. The predicted molar refractivity (Wildman–Crippen MR) is 148 cm³/mol. The number of thiophene rings is 1. The van der Waals surface area contributed by atoms with E-state index in [4.69, 9.17) is 23.2 Å². The van der Waals surface area contributed by atoms with Gasteiger partial charge in [0.05, 0.1) is 50.0 Å². The van der Waals surface area contributed by atoms with Crippen molar-refractivity contribution in [1.29, 1.82) is 0 Å². The molecular weight excluding hydrogens is 610 g/mol. The Bertz CT molecular complexity index is 1660. The summed E-state index contributed by atoms with van der Waals surface area (Å²) in [6.45, 7) is 3.87. The highest BCUT2D eigenvalue weighted by Gasteiger charge is 2.35. The zero-order valence-electron chi connectivity index (χ0n) is 21.1. The van der Waals surface area contributed by atoms with Crippen molar-refractivity contribution in [2.75, 3.05) is 11.1 Å². The maximum Gasteiger partial charge on any atom is 0.433 e. The molecule has 0 spiro atoms. The molecule has 0 saturated carbocycles. The van der Waals surface area contributed by atoms with Gasteiger partial charge in [-0.2, -0.15) is 18.3 Å². The summed E-state index contributed by atoms with van der Waals surface area (Å²) in [6, 6.07) is 9.06. The second-order valence-electron chi connectivity index (χ2n) is 8.82. The molecule has 0 aliphatic carbocycles. The number of carbonyl (C=O) groups excluding carboxylic acids is 1. The first-order valence-electron chi connectivity index (χ1n) is 11.8. The van der Waals surface area contributed by atoms with Gasteiger partial charge < -0.3 is 5.32 Å². The summed E-state index contributed by atoms with van der Waals surface area (Å²) in [5.74, 6) is -1.08. The predicted octanol–water partition coefficient (Wildman–Crippen LogP) is 6.58. The third kappa shape index (κ3) is 7.00. The van der Waals surface area contributed by atoms with E-state index >= 15 is 0 Å². The number of halogens is 5. The fourth-order valence-electron chi connectivity index (χ4n) is 3.82. The maximum absolute atomic E-state index is 13.4. The number of anilines is 1. The summed E-state index contributed by atoms with van der Waals surface area (Å²) >= 11 is 13.2. The summed E-state index contributed by atoms with van der Waals surface area (Å²) < 4.78 is 67.6. The van der Waals surface area contributed by atoms with E-state index in [1.165, 1.54) is 6.07 Å². The van der Waals surface area contributed by atoms with Crippen LogP contribution in [0.4, 0.5) is 18.9 Å². The highest BCUT2D eigenvalue weighted by molar-refractivity contribution is 7.91. The van der Waals surface area contributed by atoms with Crippen molar-refractivity contribution >= 4 is 56.0 Å². The highest BCUT2D eigenvalue weighted by atomic mass is 35.5. The van der Waals surface area contributed by atoms with Crippen LogP contribution >= 0.6 is 34.5 Å². The summed E-state index contributed by atoms with van der Waals surface area (Å²) in [5, 5.41) is 8.73. The van der Waals surface area contributed by atoms with E-state index in [0.29, 0.717) is 44.6 Å². The number of benzene rings is 1. The smallest absolute Gasteiger partial charge is 0.323 e. The molecule has 4 aromatic rings. The molecule has 0 aliphatic heterocycles. The minimum absolute atomic E-state index is 0.141. The molecule has 40 heavy (non-hydrogen) atoms. The third-order valence-electron chi connectivity index (χ3n) is 5.83. The van der Waals surface area contributed by atoms with Crippen LogP contribution < -0.4 is 5.32 Å². The first-order chi connectivity index (χ1) is 18.7. The normalized spacial score (nSPS) is 12.1. The van der Waals surface area contributed by atoms with Crippen molar-refractivity contribution in [2.45, 2.75) is 44.6 Å². The fraction of sp³-hybridized carbons (Fsp3) is 0.280. The van der Waals surface area contributed by atoms with Gasteiger partial charge in [0.25, 0.3) is 0 Å². The van der Waals surface area contributed by atoms with Crippen LogP contribution in [0.2, 0.25) is 10.0 Å². The van der Waals surface area contributed by atoms with E-state index in [1.807, 2.05) is 0 Å². The number of hydrogen-bond acceptors (Lipinski definition) is 7. The third-order valence-corrected chi connectivity index (χ3v) is 9.02. The quantitative estimate of drug-likeness (QED) is 0.209. The molecule has 4 rings (SSSR count). The largest absolute Gasteiger partial charge is 0.433 e. The second-order valence-corrected chi connectivity index (χ2v) is 12.6. The first-order valence-corrected chi connectivity index (χ1v) is 15.0. The van der Waals surface area contributed by atoms with Crippen molar-refractivity contribution in [3.05, 3.63) is 74.5 Å². The van der Waals surface area contributed by atoms with Crippen LogP contribution in [0.3, 0.4) is 0 Å². The molecule has 0 fully saturated rings. The zero-order valence-corrected chi connectivity index (χ0v) is 24.2. The molecule has 0 unspecified atom stereocenters. The van der Waals surface area contributed by atoms with Crippen LogP contribution in [-0.4, -0.2) is 39.8 Å². The van der Waals surface area contributed by atoms with Gasteiger partial charge in [-0.15, -0.1) is 11.3 Å². The molecule has 212 valence electrons. The average Bonchev–Trinajstić information content (AvgIpc) is 3.50. The van der Waals surface area contributed by atoms with Crippen LogP contribution in [0.15, 0.2) is 46.9 Å². The lowest BCUT2D eigenvalue weighted by molar-refractivity contribution is -0.141. The number of nitrogens with zero attached hydrogens (tertiary/aromatic N) is 4. The van der Waals surface area contributed by atoms with Crippen LogP contribution in [0.1, 0.15) is 35.5 Å². The van der Waals surface area contributed by atoms with Crippen LogP contribution in [0, 0.1) is 13.8 Å². The van der Waals surface area contributed by atoms with Crippen molar-refractivity contribution in [1.82, 2.24) is 19.7 Å². The molecule has 0 bridgehead atoms. The van der Waals surface area contributed by atoms with Gasteiger partial charge in [-0.05, 0) is 55.5 Å². The molecule has 0 saturated heterocycles. The van der Waals surface area contributed by atoms with E-state index < -0.39 is 38.5 Å². The van der Waals surface area contributed by atoms with Gasteiger partial charge in [0, 0.05) is 6.42 Å². The molecular formula is C25H22Cl2F3N5O3S2. The maximum atomic E-state index is 13.4. The van der Waals surface area contributed by atoms with E-state index in [-0.39, 0.29) is 18.5 Å². The van der Waals surface area contributed by atoms with Gasteiger partial charge in [0.1, 0.15) is 5.69 Å². The number of rotatable bonds is 9. The molecule has 3 aromatic heterocycles. The van der Waals surface area contributed by atoms with E-state index in [1.54, 1.807) is 48.2 Å². The number of hydrogen-bond donors (Lipinski definition) is 1. The Balaban J connectivity index is 1.43. The fourth-order valence-corrected chi connectivity index (χ4v) is 6.01. The number of amides is 1. The number of sulfone groups is 1. The molecule has 1 N–H and O–H groups in total. The Morgan fingerprint density at radius 1 is 1.10 bits per heavy atom. The van der Waals surface area contributed by atoms with Crippen LogP contribution in [0.25, 0.3) is 10.6 Å². The van der Waals surface area contributed by atoms with Gasteiger partial charge in [-0.25, -0.2) is 18.4 Å². The van der Waals surface area contributed by atoms with Gasteiger partial charge in [0.2, 0.25) is 20.9 Å². The molecule has 15 heteroatoms. The Labute approximate surface area is 242 Å². The summed E-state index contributed by atoms with van der Waals surface area (Å²) in [4.78, 5) is 20.2. The summed E-state index contributed by atoms with van der Waals surface area (Å²) in [5.41, 5.74) is 1.06. The standard InChI is InChI=1S/C25H22Cl2F3N5O3S2/c1-14-23(15(2)35(34-14)13-16-7-8-17(26)18(27)11-16)33-22(36)6-4-10-40(37,38)24-31-19(20-5-3-9-39-20)12-21(32-24)25(28,29)30/h3,5,7-9,11-12H,4,6,10,13H2,1-2H3,(H,33,36).